The lowest BCUT2D eigenvalue weighted by Crippen LogP contribution is -2.29. The molecule has 0 aliphatic carbocycles. The van der Waals surface area contributed by atoms with Crippen LogP contribution in [0, 0.1) is 24.0 Å². The molecule has 5 aromatic rings. The van der Waals surface area contributed by atoms with Crippen molar-refractivity contribution in [1.82, 2.24) is 14.9 Å². The molecule has 0 saturated carbocycles. The number of pyridine rings is 1. The van der Waals surface area contributed by atoms with E-state index in [0.717, 1.165) is 43.8 Å². The van der Waals surface area contributed by atoms with Gasteiger partial charge < -0.3 is 14.8 Å². The van der Waals surface area contributed by atoms with Gasteiger partial charge in [-0.1, -0.05) is 41.6 Å². The molecule has 1 N–H and O–H groups in total. The fourth-order valence-electron chi connectivity index (χ4n) is 5.49. The average Bonchev–Trinajstić information content (AvgIpc) is 3.49. The molecular weight excluding hydrogens is 586 g/mol. The third kappa shape index (κ3) is 5.27. The number of para-hydroxylation sites is 1. The number of nitrogens with one attached hydrogen (secondary N) is 1. The number of rotatable bonds is 7. The zero-order valence-electron chi connectivity index (χ0n) is 22.8. The first-order chi connectivity index (χ1) is 20.3. The van der Waals surface area contributed by atoms with Crippen molar-refractivity contribution in [3.05, 3.63) is 141 Å². The van der Waals surface area contributed by atoms with Crippen LogP contribution < -0.4 is 10.2 Å². The Bertz CT molecular complexity index is 1780. The van der Waals surface area contributed by atoms with Crippen LogP contribution in [-0.4, -0.2) is 19.6 Å². The number of halogens is 1. The fourth-order valence-corrected chi connectivity index (χ4v) is 6.87. The Morgan fingerprint density at radius 1 is 0.952 bits per heavy atom. The van der Waals surface area contributed by atoms with E-state index in [4.69, 9.17) is 23.8 Å². The van der Waals surface area contributed by atoms with Crippen LogP contribution in [0.1, 0.15) is 34.7 Å². The average molecular weight is 612 g/mol. The SMILES string of the molecule is Cc1cc(C2C(c3ccccn3)NC(=S)N2c2ccc(Sc3ccc([N+](=O)[O-])cc3)cc2)c(C)n1-c1ccccc1Cl. The normalized spacial score (nSPS) is 16.5. The first-order valence-electron chi connectivity index (χ1n) is 13.3. The summed E-state index contributed by atoms with van der Waals surface area (Å²) in [7, 11) is 0. The van der Waals surface area contributed by atoms with Gasteiger partial charge in [0.05, 0.1) is 33.4 Å². The molecular formula is C32H26ClN5O2S2. The smallest absolute Gasteiger partial charge is 0.269 e. The summed E-state index contributed by atoms with van der Waals surface area (Å²) in [6.45, 7) is 4.20. The van der Waals surface area contributed by atoms with E-state index >= 15 is 0 Å². The number of aryl methyl sites for hydroxylation is 1. The Morgan fingerprint density at radius 3 is 2.26 bits per heavy atom. The van der Waals surface area contributed by atoms with E-state index in [1.165, 1.54) is 12.1 Å². The molecule has 6 rings (SSSR count). The molecule has 2 atom stereocenters. The standard InChI is InChI=1S/C32H26ClN5O2S2/c1-20-19-26(21(2)36(20)29-9-4-3-7-27(29)33)31-30(28-8-5-6-18-34-28)35-32(41)37(31)22-10-14-24(15-11-22)42-25-16-12-23(13-17-25)38(39)40/h3-19,30-31H,1-2H3,(H,35,41). The topological polar surface area (TPSA) is 76.2 Å². The van der Waals surface area contributed by atoms with Crippen LogP contribution in [0.15, 0.2) is 113 Å². The van der Waals surface area contributed by atoms with Gasteiger partial charge in [0, 0.05) is 45.2 Å². The second-order valence-electron chi connectivity index (χ2n) is 9.96. The number of benzene rings is 3. The lowest BCUT2D eigenvalue weighted by Gasteiger charge is -2.28. The van der Waals surface area contributed by atoms with Gasteiger partial charge >= 0.3 is 0 Å². The molecule has 1 fully saturated rings. The third-order valence-corrected chi connectivity index (χ3v) is 9.03. The molecule has 2 unspecified atom stereocenters. The van der Waals surface area contributed by atoms with Crippen molar-refractivity contribution in [2.45, 2.75) is 35.7 Å². The van der Waals surface area contributed by atoms with Crippen molar-refractivity contribution in [2.24, 2.45) is 0 Å². The van der Waals surface area contributed by atoms with E-state index in [0.29, 0.717) is 10.1 Å². The van der Waals surface area contributed by atoms with E-state index in [9.17, 15) is 10.1 Å². The highest BCUT2D eigenvalue weighted by Crippen LogP contribution is 2.44. The van der Waals surface area contributed by atoms with Crippen molar-refractivity contribution >= 4 is 52.1 Å². The minimum absolute atomic E-state index is 0.0761. The van der Waals surface area contributed by atoms with Crippen LogP contribution in [0.5, 0.6) is 0 Å². The Hall–Kier alpha value is -4.18. The Morgan fingerprint density at radius 2 is 1.62 bits per heavy atom. The maximum atomic E-state index is 11.0. The van der Waals surface area contributed by atoms with Crippen LogP contribution in [0.25, 0.3) is 5.69 Å². The summed E-state index contributed by atoms with van der Waals surface area (Å²) >= 11 is 14.1. The van der Waals surface area contributed by atoms with Gasteiger partial charge in [-0.25, -0.2) is 0 Å². The Labute approximate surface area is 258 Å². The van der Waals surface area contributed by atoms with Gasteiger partial charge in [0.1, 0.15) is 0 Å². The van der Waals surface area contributed by atoms with Crippen molar-refractivity contribution in [3.8, 4) is 5.69 Å². The third-order valence-electron chi connectivity index (χ3n) is 7.38. The number of nitro benzene ring substituents is 1. The first-order valence-corrected chi connectivity index (χ1v) is 14.9. The Balaban J connectivity index is 1.38. The number of thiocarbonyl (C=S) groups is 1. The minimum atomic E-state index is -0.392. The lowest BCUT2D eigenvalue weighted by atomic mass is 9.96. The monoisotopic (exact) mass is 611 g/mol. The fraction of sp³-hybridized carbons (Fsp3) is 0.125. The second kappa shape index (κ2) is 11.6. The van der Waals surface area contributed by atoms with E-state index in [2.05, 4.69) is 51.8 Å². The molecule has 0 amide bonds. The summed E-state index contributed by atoms with van der Waals surface area (Å²) in [5, 5.41) is 15.8. The largest absolute Gasteiger partial charge is 0.351 e. The summed E-state index contributed by atoms with van der Waals surface area (Å²) < 4.78 is 2.19. The van der Waals surface area contributed by atoms with E-state index < -0.39 is 4.92 Å². The number of nitro groups is 1. The van der Waals surface area contributed by atoms with Gasteiger partial charge in [-0.15, -0.1) is 0 Å². The van der Waals surface area contributed by atoms with E-state index in [1.807, 2.05) is 54.6 Å². The molecule has 3 heterocycles. The minimum Gasteiger partial charge on any atom is -0.351 e. The number of aromatic nitrogens is 2. The van der Waals surface area contributed by atoms with Crippen molar-refractivity contribution < 1.29 is 4.92 Å². The quantitative estimate of drug-likeness (QED) is 0.112. The molecule has 1 saturated heterocycles. The molecule has 2 aromatic heterocycles. The van der Waals surface area contributed by atoms with Crippen LogP contribution >= 0.6 is 35.6 Å². The molecule has 7 nitrogen and oxygen atoms in total. The Kier molecular flexibility index (Phi) is 7.72. The van der Waals surface area contributed by atoms with Crippen molar-refractivity contribution in [2.75, 3.05) is 4.90 Å². The van der Waals surface area contributed by atoms with Gasteiger partial charge in [0.25, 0.3) is 5.69 Å². The number of hydrogen-bond donors (Lipinski definition) is 1. The van der Waals surface area contributed by atoms with Gasteiger partial charge in [0.15, 0.2) is 5.11 Å². The molecule has 1 aliphatic rings. The first kappa shape index (κ1) is 28.0. The van der Waals surface area contributed by atoms with Crippen LogP contribution in [0.3, 0.4) is 0 Å². The zero-order chi connectivity index (χ0) is 29.4. The number of anilines is 1. The molecule has 3 aromatic carbocycles. The van der Waals surface area contributed by atoms with Crippen molar-refractivity contribution in [3.63, 3.8) is 0 Å². The summed E-state index contributed by atoms with van der Waals surface area (Å²) in [6.07, 6.45) is 1.80. The summed E-state index contributed by atoms with van der Waals surface area (Å²) in [5.41, 5.74) is 6.14. The molecule has 0 spiro atoms. The molecule has 1 aliphatic heterocycles. The molecule has 0 radical (unpaired) electrons. The molecule has 10 heteroatoms. The predicted molar refractivity (Wildman–Crippen MR) is 172 cm³/mol. The summed E-state index contributed by atoms with van der Waals surface area (Å²) in [4.78, 5) is 19.4. The lowest BCUT2D eigenvalue weighted by molar-refractivity contribution is -0.384. The van der Waals surface area contributed by atoms with Gasteiger partial charge in [-0.2, -0.15) is 0 Å². The maximum absolute atomic E-state index is 11.0. The van der Waals surface area contributed by atoms with Gasteiger partial charge in [0.2, 0.25) is 0 Å². The van der Waals surface area contributed by atoms with Crippen LogP contribution in [0.2, 0.25) is 5.02 Å². The van der Waals surface area contributed by atoms with Gasteiger partial charge in [-0.3, -0.25) is 15.1 Å². The molecule has 42 heavy (non-hydrogen) atoms. The van der Waals surface area contributed by atoms with E-state index in [1.54, 1.807) is 30.1 Å². The number of non-ortho nitro benzene ring substituents is 1. The number of nitrogens with zero attached hydrogens (tertiary/aromatic N) is 4. The highest BCUT2D eigenvalue weighted by atomic mass is 35.5. The number of hydrogen-bond acceptors (Lipinski definition) is 5. The highest BCUT2D eigenvalue weighted by molar-refractivity contribution is 7.99. The highest BCUT2D eigenvalue weighted by Gasteiger charge is 2.42. The molecule has 0 bridgehead atoms. The maximum Gasteiger partial charge on any atom is 0.269 e. The van der Waals surface area contributed by atoms with Gasteiger partial charge in [-0.05, 0) is 98.4 Å². The van der Waals surface area contributed by atoms with Crippen LogP contribution in [-0.2, 0) is 0 Å². The predicted octanol–water partition coefficient (Wildman–Crippen LogP) is 8.38. The zero-order valence-corrected chi connectivity index (χ0v) is 25.2. The van der Waals surface area contributed by atoms with Crippen LogP contribution in [0.4, 0.5) is 11.4 Å². The summed E-state index contributed by atoms with van der Waals surface area (Å²) in [5.74, 6) is 0. The second-order valence-corrected chi connectivity index (χ2v) is 11.9. The van der Waals surface area contributed by atoms with E-state index in [-0.39, 0.29) is 17.8 Å². The molecule has 210 valence electrons. The van der Waals surface area contributed by atoms with Crippen molar-refractivity contribution in [1.29, 1.82) is 0 Å². The summed E-state index contributed by atoms with van der Waals surface area (Å²) in [6, 6.07) is 30.4.